The molecule has 0 saturated heterocycles. The molecule has 1 aromatic heterocycles. The number of hydrogen-bond acceptors (Lipinski definition) is 3. The zero-order valence-corrected chi connectivity index (χ0v) is 26.7. The number of hydrogen-bond donors (Lipinski definition) is 0. The van der Waals surface area contributed by atoms with Crippen LogP contribution < -0.4 is 0 Å². The zero-order chi connectivity index (χ0) is 32.6. The molecule has 1 heterocycles. The molecule has 1 aliphatic rings. The van der Waals surface area contributed by atoms with E-state index in [-0.39, 0.29) is 0 Å². The van der Waals surface area contributed by atoms with Crippen molar-refractivity contribution in [2.75, 3.05) is 0 Å². The van der Waals surface area contributed by atoms with Crippen LogP contribution in [0.25, 0.3) is 56.4 Å². The molecular weight excluding hydrogens is 595 g/mol. The third-order valence-corrected chi connectivity index (χ3v) is 9.64. The van der Waals surface area contributed by atoms with Crippen LogP contribution in [-0.2, 0) is 5.41 Å². The Hall–Kier alpha value is -6.45. The highest BCUT2D eigenvalue weighted by Crippen LogP contribution is 2.56. The van der Waals surface area contributed by atoms with Gasteiger partial charge in [0.05, 0.1) is 5.41 Å². The second-order valence-corrected chi connectivity index (χ2v) is 12.4. The Bertz CT molecular complexity index is 2320. The summed E-state index contributed by atoms with van der Waals surface area (Å²) in [6.45, 7) is 0. The van der Waals surface area contributed by atoms with Gasteiger partial charge in [-0.1, -0.05) is 182 Å². The zero-order valence-electron chi connectivity index (χ0n) is 26.7. The molecule has 230 valence electrons. The molecule has 8 aromatic rings. The van der Waals surface area contributed by atoms with Crippen molar-refractivity contribution in [1.29, 1.82) is 0 Å². The summed E-state index contributed by atoms with van der Waals surface area (Å²) in [7, 11) is 0. The van der Waals surface area contributed by atoms with E-state index in [0.29, 0.717) is 17.5 Å². The van der Waals surface area contributed by atoms with E-state index in [9.17, 15) is 0 Å². The molecule has 7 aromatic carbocycles. The van der Waals surface area contributed by atoms with Crippen LogP contribution in [0.15, 0.2) is 188 Å². The fraction of sp³-hybridized carbons (Fsp3) is 0.0217. The summed E-state index contributed by atoms with van der Waals surface area (Å²) in [6, 6.07) is 66.4. The third-order valence-electron chi connectivity index (χ3n) is 9.64. The van der Waals surface area contributed by atoms with Gasteiger partial charge in [0.25, 0.3) is 0 Å². The molecule has 0 aliphatic heterocycles. The number of aromatic nitrogens is 3. The molecular formula is C46H31N3. The Kier molecular flexibility index (Phi) is 7.02. The van der Waals surface area contributed by atoms with Gasteiger partial charge in [0.2, 0.25) is 0 Å². The Morgan fingerprint density at radius 2 is 0.714 bits per heavy atom. The van der Waals surface area contributed by atoms with E-state index in [1.54, 1.807) is 0 Å². The molecule has 0 N–H and O–H groups in total. The second kappa shape index (κ2) is 12.0. The summed E-state index contributed by atoms with van der Waals surface area (Å²) in [5.74, 6) is 1.94. The van der Waals surface area contributed by atoms with Crippen LogP contribution in [0, 0.1) is 0 Å². The van der Waals surface area contributed by atoms with E-state index in [1.165, 1.54) is 33.4 Å². The number of rotatable bonds is 6. The maximum atomic E-state index is 5.09. The van der Waals surface area contributed by atoms with Crippen molar-refractivity contribution in [3.8, 4) is 56.4 Å². The average Bonchev–Trinajstić information content (AvgIpc) is 3.49. The van der Waals surface area contributed by atoms with Crippen molar-refractivity contribution in [2.24, 2.45) is 0 Å². The lowest BCUT2D eigenvalue weighted by Crippen LogP contribution is -2.28. The maximum absolute atomic E-state index is 5.09. The van der Waals surface area contributed by atoms with Crippen LogP contribution in [0.3, 0.4) is 0 Å². The van der Waals surface area contributed by atoms with Crippen LogP contribution in [0.2, 0.25) is 0 Å². The number of fused-ring (bicyclic) bond motifs is 3. The molecule has 3 nitrogen and oxygen atoms in total. The molecule has 0 saturated carbocycles. The standard InChI is InChI=1S/C46H31N3/c1-5-17-32(18-6-1)43-47-44(33-19-7-2-8-20-33)49-45(48-43)40-27-14-13-25-37(40)34-29-30-39-38-26-15-16-28-41(38)46(42(39)31-34,35-21-9-3-10-22-35)36-23-11-4-12-24-36/h1-31H. The molecule has 1 aliphatic carbocycles. The summed E-state index contributed by atoms with van der Waals surface area (Å²) in [5, 5.41) is 0. The van der Waals surface area contributed by atoms with Crippen LogP contribution in [-0.4, -0.2) is 15.0 Å². The van der Waals surface area contributed by atoms with Gasteiger partial charge in [-0.2, -0.15) is 0 Å². The predicted molar refractivity (Wildman–Crippen MR) is 199 cm³/mol. The lowest BCUT2D eigenvalue weighted by molar-refractivity contribution is 0.769. The molecule has 0 unspecified atom stereocenters. The minimum atomic E-state index is -0.479. The van der Waals surface area contributed by atoms with Crippen molar-refractivity contribution in [2.45, 2.75) is 5.41 Å². The van der Waals surface area contributed by atoms with Gasteiger partial charge in [-0.05, 0) is 50.6 Å². The smallest absolute Gasteiger partial charge is 0.164 e. The average molecular weight is 626 g/mol. The SMILES string of the molecule is c1ccc(-c2nc(-c3ccccc3)nc(-c3ccccc3-c3ccc4c(c3)C(c3ccccc3)(c3ccccc3)c3ccccc3-4)n2)cc1. The van der Waals surface area contributed by atoms with Crippen molar-refractivity contribution >= 4 is 0 Å². The van der Waals surface area contributed by atoms with E-state index in [4.69, 9.17) is 15.0 Å². The lowest BCUT2D eigenvalue weighted by atomic mass is 9.67. The minimum absolute atomic E-state index is 0.479. The van der Waals surface area contributed by atoms with Gasteiger partial charge in [0.1, 0.15) is 0 Å². The van der Waals surface area contributed by atoms with Gasteiger partial charge < -0.3 is 0 Å². The molecule has 0 amide bonds. The lowest BCUT2D eigenvalue weighted by Gasteiger charge is -2.34. The summed E-state index contributed by atoms with van der Waals surface area (Å²) in [4.78, 5) is 15.1. The van der Waals surface area contributed by atoms with Crippen LogP contribution in [0.4, 0.5) is 0 Å². The highest BCUT2D eigenvalue weighted by atomic mass is 15.0. The van der Waals surface area contributed by atoms with Gasteiger partial charge in [-0.3, -0.25) is 0 Å². The maximum Gasteiger partial charge on any atom is 0.164 e. The largest absolute Gasteiger partial charge is 0.208 e. The van der Waals surface area contributed by atoms with Gasteiger partial charge in [-0.25, -0.2) is 15.0 Å². The summed E-state index contributed by atoms with van der Waals surface area (Å²) in [5.41, 5.74) is 12.1. The first-order valence-electron chi connectivity index (χ1n) is 16.6. The highest BCUT2D eigenvalue weighted by Gasteiger charge is 2.46. The van der Waals surface area contributed by atoms with E-state index >= 15 is 0 Å². The topological polar surface area (TPSA) is 38.7 Å². The molecule has 0 radical (unpaired) electrons. The molecule has 3 heteroatoms. The second-order valence-electron chi connectivity index (χ2n) is 12.4. The Labute approximate surface area is 286 Å². The van der Waals surface area contributed by atoms with Crippen LogP contribution >= 0.6 is 0 Å². The minimum Gasteiger partial charge on any atom is -0.208 e. The highest BCUT2D eigenvalue weighted by molar-refractivity contribution is 5.90. The number of nitrogens with zero attached hydrogens (tertiary/aromatic N) is 3. The number of benzene rings is 7. The summed E-state index contributed by atoms with van der Waals surface area (Å²) < 4.78 is 0. The van der Waals surface area contributed by atoms with Gasteiger partial charge in [-0.15, -0.1) is 0 Å². The van der Waals surface area contributed by atoms with Gasteiger partial charge in [0.15, 0.2) is 17.5 Å². The molecule has 0 bridgehead atoms. The van der Waals surface area contributed by atoms with Crippen molar-refractivity contribution in [3.63, 3.8) is 0 Å². The Morgan fingerprint density at radius 3 is 1.29 bits per heavy atom. The Morgan fingerprint density at radius 1 is 0.286 bits per heavy atom. The monoisotopic (exact) mass is 625 g/mol. The van der Waals surface area contributed by atoms with Crippen LogP contribution in [0.5, 0.6) is 0 Å². The molecule has 49 heavy (non-hydrogen) atoms. The molecule has 0 atom stereocenters. The van der Waals surface area contributed by atoms with E-state index in [2.05, 4.69) is 127 Å². The fourth-order valence-electron chi connectivity index (χ4n) is 7.47. The normalized spacial score (nSPS) is 12.7. The Balaban J connectivity index is 1.28. The fourth-order valence-corrected chi connectivity index (χ4v) is 7.47. The van der Waals surface area contributed by atoms with Crippen molar-refractivity contribution < 1.29 is 0 Å². The molecule has 0 spiro atoms. The van der Waals surface area contributed by atoms with E-state index in [1.807, 2.05) is 60.7 Å². The third kappa shape index (κ3) is 4.78. The molecule has 0 fully saturated rings. The van der Waals surface area contributed by atoms with Crippen LogP contribution in [0.1, 0.15) is 22.3 Å². The van der Waals surface area contributed by atoms with E-state index < -0.39 is 5.41 Å². The summed E-state index contributed by atoms with van der Waals surface area (Å²) in [6.07, 6.45) is 0. The van der Waals surface area contributed by atoms with E-state index in [0.717, 1.165) is 27.8 Å². The first-order valence-corrected chi connectivity index (χ1v) is 16.6. The first kappa shape index (κ1) is 28.7. The van der Waals surface area contributed by atoms with Gasteiger partial charge in [0, 0.05) is 16.7 Å². The van der Waals surface area contributed by atoms with Crippen molar-refractivity contribution in [1.82, 2.24) is 15.0 Å². The quantitative estimate of drug-likeness (QED) is 0.185. The summed E-state index contributed by atoms with van der Waals surface area (Å²) >= 11 is 0. The first-order chi connectivity index (χ1) is 24.3. The van der Waals surface area contributed by atoms with Crippen molar-refractivity contribution in [3.05, 3.63) is 210 Å². The van der Waals surface area contributed by atoms with Gasteiger partial charge >= 0.3 is 0 Å². The predicted octanol–water partition coefficient (Wildman–Crippen LogP) is 10.9. The molecule has 9 rings (SSSR count).